The van der Waals surface area contributed by atoms with Crippen molar-refractivity contribution in [2.75, 3.05) is 5.32 Å². The Morgan fingerprint density at radius 2 is 1.40 bits per heavy atom. The van der Waals surface area contributed by atoms with Crippen LogP contribution in [0.3, 0.4) is 0 Å². The van der Waals surface area contributed by atoms with Crippen molar-refractivity contribution in [3.63, 3.8) is 0 Å². The fourth-order valence-corrected chi connectivity index (χ4v) is 3.79. The minimum Gasteiger partial charge on any atom is -0.343 e. The van der Waals surface area contributed by atoms with E-state index >= 15 is 0 Å². The van der Waals surface area contributed by atoms with Gasteiger partial charge in [-0.1, -0.05) is 53.0 Å². The maximum absolute atomic E-state index is 13.2. The summed E-state index contributed by atoms with van der Waals surface area (Å²) < 4.78 is 0. The van der Waals surface area contributed by atoms with Crippen LogP contribution in [0.25, 0.3) is 0 Å². The predicted octanol–water partition coefficient (Wildman–Crippen LogP) is 5.09. The Kier molecular flexibility index (Phi) is 8.90. The Labute approximate surface area is 215 Å². The molecule has 3 amide bonds. The summed E-state index contributed by atoms with van der Waals surface area (Å²) in [7, 11) is 0. The van der Waals surface area contributed by atoms with Crippen molar-refractivity contribution in [3.8, 4) is 0 Å². The van der Waals surface area contributed by atoms with Gasteiger partial charge in [0.1, 0.15) is 12.1 Å². The van der Waals surface area contributed by atoms with Crippen molar-refractivity contribution >= 4 is 46.6 Å². The Balaban J connectivity index is 1.74. The highest BCUT2D eigenvalue weighted by atomic mass is 35.5. The SMILES string of the molecule is Cc1ccc(C(=O)NC(Cc2ccc(Cl)cc2)C(=O)N[C@@H](C)C(=O)Nc2ccc(Cl)cc2)c(C)c1. The van der Waals surface area contributed by atoms with Gasteiger partial charge in [-0.25, -0.2) is 0 Å². The van der Waals surface area contributed by atoms with Gasteiger partial charge in [-0.15, -0.1) is 0 Å². The molecule has 3 aromatic carbocycles. The molecule has 3 N–H and O–H groups in total. The van der Waals surface area contributed by atoms with Crippen LogP contribution >= 0.6 is 23.2 Å². The standard InChI is InChI=1S/C27H27Cl2N3O3/c1-16-4-13-23(17(2)14-16)26(34)32-24(15-19-5-7-20(28)8-6-19)27(35)30-18(3)25(33)31-22-11-9-21(29)10-12-22/h4-14,18,24H,15H2,1-3H3,(H,30,35)(H,31,33)(H,32,34)/t18-,24?/m0/s1. The summed E-state index contributed by atoms with van der Waals surface area (Å²) in [5, 5.41) is 9.39. The number of rotatable bonds is 8. The molecule has 0 aliphatic heterocycles. The normalized spacial score (nSPS) is 12.4. The smallest absolute Gasteiger partial charge is 0.252 e. The van der Waals surface area contributed by atoms with Crippen molar-refractivity contribution in [1.29, 1.82) is 0 Å². The molecule has 0 bridgehead atoms. The molecule has 182 valence electrons. The Morgan fingerprint density at radius 3 is 2.00 bits per heavy atom. The van der Waals surface area contributed by atoms with Crippen LogP contribution in [0.5, 0.6) is 0 Å². The van der Waals surface area contributed by atoms with E-state index in [4.69, 9.17) is 23.2 Å². The summed E-state index contributed by atoms with van der Waals surface area (Å²) in [5.41, 5.74) is 3.70. The molecule has 0 saturated carbocycles. The predicted molar refractivity (Wildman–Crippen MR) is 140 cm³/mol. The quantitative estimate of drug-likeness (QED) is 0.393. The van der Waals surface area contributed by atoms with E-state index in [1.807, 2.05) is 26.0 Å². The van der Waals surface area contributed by atoms with Crippen LogP contribution in [0.4, 0.5) is 5.69 Å². The highest BCUT2D eigenvalue weighted by Gasteiger charge is 2.26. The number of carbonyl (C=O) groups is 3. The van der Waals surface area contributed by atoms with Gasteiger partial charge >= 0.3 is 0 Å². The van der Waals surface area contributed by atoms with Gasteiger partial charge in [0.2, 0.25) is 11.8 Å². The molecule has 0 aliphatic rings. The summed E-state index contributed by atoms with van der Waals surface area (Å²) in [6.07, 6.45) is 0.227. The lowest BCUT2D eigenvalue weighted by atomic mass is 10.0. The lowest BCUT2D eigenvalue weighted by Crippen LogP contribution is -2.52. The minimum atomic E-state index is -0.907. The van der Waals surface area contributed by atoms with Gasteiger partial charge in [-0.05, 0) is 74.4 Å². The first kappa shape index (κ1) is 26.3. The number of nitrogens with one attached hydrogen (secondary N) is 3. The molecule has 0 fully saturated rings. The molecule has 2 atom stereocenters. The third-order valence-corrected chi connectivity index (χ3v) is 5.97. The second kappa shape index (κ2) is 11.9. The summed E-state index contributed by atoms with van der Waals surface area (Å²) in [5.74, 6) is -1.24. The van der Waals surface area contributed by atoms with E-state index in [1.165, 1.54) is 0 Å². The van der Waals surface area contributed by atoms with Gasteiger partial charge in [0.25, 0.3) is 5.91 Å². The molecule has 0 aliphatic carbocycles. The monoisotopic (exact) mass is 511 g/mol. The zero-order chi connectivity index (χ0) is 25.5. The highest BCUT2D eigenvalue weighted by molar-refractivity contribution is 6.30. The van der Waals surface area contributed by atoms with Crippen molar-refractivity contribution in [1.82, 2.24) is 10.6 Å². The van der Waals surface area contributed by atoms with Crippen molar-refractivity contribution < 1.29 is 14.4 Å². The first-order chi connectivity index (χ1) is 16.6. The summed E-state index contributed by atoms with van der Waals surface area (Å²) in [6.45, 7) is 5.37. The van der Waals surface area contributed by atoms with Crippen LogP contribution in [-0.4, -0.2) is 29.8 Å². The van der Waals surface area contributed by atoms with Gasteiger partial charge in [0.05, 0.1) is 0 Å². The molecule has 1 unspecified atom stereocenters. The van der Waals surface area contributed by atoms with Crippen molar-refractivity contribution in [2.45, 2.75) is 39.3 Å². The van der Waals surface area contributed by atoms with Gasteiger partial charge in [0, 0.05) is 27.7 Å². The summed E-state index contributed by atoms with van der Waals surface area (Å²) in [6, 6.07) is 17.4. The van der Waals surface area contributed by atoms with Gasteiger partial charge < -0.3 is 16.0 Å². The Morgan fingerprint density at radius 1 is 0.800 bits per heavy atom. The molecule has 0 saturated heterocycles. The summed E-state index contributed by atoms with van der Waals surface area (Å²) >= 11 is 11.9. The maximum Gasteiger partial charge on any atom is 0.252 e. The molecular weight excluding hydrogens is 485 g/mol. The fourth-order valence-electron chi connectivity index (χ4n) is 3.53. The molecule has 0 heterocycles. The second-order valence-electron chi connectivity index (χ2n) is 8.40. The van der Waals surface area contributed by atoms with Crippen molar-refractivity contribution in [3.05, 3.63) is 99.0 Å². The zero-order valence-corrected chi connectivity index (χ0v) is 21.2. The topological polar surface area (TPSA) is 87.3 Å². The number of hydrogen-bond donors (Lipinski definition) is 3. The minimum absolute atomic E-state index is 0.227. The maximum atomic E-state index is 13.2. The fraction of sp³-hybridized carbons (Fsp3) is 0.222. The van der Waals surface area contributed by atoms with Gasteiger partial charge in [0.15, 0.2) is 0 Å². The third kappa shape index (κ3) is 7.57. The molecule has 0 radical (unpaired) electrons. The molecule has 3 aromatic rings. The number of carbonyl (C=O) groups excluding carboxylic acids is 3. The van der Waals surface area contributed by atoms with Crippen LogP contribution in [0.15, 0.2) is 66.7 Å². The number of halogens is 2. The molecule has 35 heavy (non-hydrogen) atoms. The van der Waals surface area contributed by atoms with Crippen LogP contribution in [0.2, 0.25) is 10.0 Å². The number of amides is 3. The molecule has 0 aromatic heterocycles. The lowest BCUT2D eigenvalue weighted by molar-refractivity contribution is -0.127. The average molecular weight is 512 g/mol. The Bertz CT molecular complexity index is 1210. The summed E-state index contributed by atoms with van der Waals surface area (Å²) in [4.78, 5) is 38.8. The first-order valence-electron chi connectivity index (χ1n) is 11.1. The van der Waals surface area contributed by atoms with Crippen LogP contribution in [-0.2, 0) is 16.0 Å². The van der Waals surface area contributed by atoms with E-state index in [1.54, 1.807) is 61.5 Å². The van der Waals surface area contributed by atoms with Gasteiger partial charge in [-0.2, -0.15) is 0 Å². The van der Waals surface area contributed by atoms with E-state index in [2.05, 4.69) is 16.0 Å². The Hall–Kier alpha value is -3.35. The van der Waals surface area contributed by atoms with E-state index in [9.17, 15) is 14.4 Å². The molecule has 3 rings (SSSR count). The van der Waals surface area contributed by atoms with Crippen molar-refractivity contribution in [2.24, 2.45) is 0 Å². The van der Waals surface area contributed by atoms with Crippen LogP contribution in [0, 0.1) is 13.8 Å². The van der Waals surface area contributed by atoms with E-state index < -0.39 is 23.9 Å². The largest absolute Gasteiger partial charge is 0.343 e. The number of anilines is 1. The van der Waals surface area contributed by atoms with Crippen LogP contribution in [0.1, 0.15) is 34.0 Å². The third-order valence-electron chi connectivity index (χ3n) is 5.47. The lowest BCUT2D eigenvalue weighted by Gasteiger charge is -2.22. The molecular formula is C27H27Cl2N3O3. The molecule has 8 heteroatoms. The van der Waals surface area contributed by atoms with Crippen LogP contribution < -0.4 is 16.0 Å². The van der Waals surface area contributed by atoms with Gasteiger partial charge in [-0.3, -0.25) is 14.4 Å². The number of hydrogen-bond acceptors (Lipinski definition) is 3. The molecule has 0 spiro atoms. The van der Waals surface area contributed by atoms with E-state index in [0.29, 0.717) is 21.3 Å². The number of aryl methyl sites for hydroxylation is 2. The second-order valence-corrected chi connectivity index (χ2v) is 9.27. The first-order valence-corrected chi connectivity index (χ1v) is 11.9. The van der Waals surface area contributed by atoms with E-state index in [-0.39, 0.29) is 12.3 Å². The zero-order valence-electron chi connectivity index (χ0n) is 19.7. The highest BCUT2D eigenvalue weighted by Crippen LogP contribution is 2.15. The molecule has 6 nitrogen and oxygen atoms in total. The number of benzene rings is 3. The average Bonchev–Trinajstić information content (AvgIpc) is 2.81. The van der Waals surface area contributed by atoms with E-state index in [0.717, 1.165) is 16.7 Å².